The van der Waals surface area contributed by atoms with E-state index in [-0.39, 0.29) is 11.5 Å². The van der Waals surface area contributed by atoms with Gasteiger partial charge in [-0.15, -0.1) is 0 Å². The molecule has 4 N–H and O–H groups in total. The Morgan fingerprint density at radius 2 is 2.07 bits per heavy atom. The van der Waals surface area contributed by atoms with Gasteiger partial charge >= 0.3 is 5.97 Å². The molecule has 0 saturated carbocycles. The van der Waals surface area contributed by atoms with Crippen molar-refractivity contribution in [1.82, 2.24) is 19.3 Å². The zero-order valence-corrected chi connectivity index (χ0v) is 15.7. The molecule has 3 aromatic rings. The van der Waals surface area contributed by atoms with Crippen molar-refractivity contribution in [3.8, 4) is 0 Å². The first-order valence-corrected chi connectivity index (χ1v) is 8.89. The van der Waals surface area contributed by atoms with E-state index in [2.05, 4.69) is 15.4 Å². The number of carbonyl (C=O) groups excluding carboxylic acids is 1. The molecule has 0 radical (unpaired) electrons. The first kappa shape index (κ1) is 19.3. The molecule has 146 valence electrons. The molecule has 1 aromatic carbocycles. The molecule has 3 rings (SSSR count). The van der Waals surface area contributed by atoms with E-state index in [0.717, 1.165) is 5.69 Å². The Labute approximate surface area is 161 Å². The summed E-state index contributed by atoms with van der Waals surface area (Å²) in [4.78, 5) is 28.5. The Bertz CT molecular complexity index is 1060. The predicted molar refractivity (Wildman–Crippen MR) is 105 cm³/mol. The Morgan fingerprint density at radius 1 is 1.29 bits per heavy atom. The van der Waals surface area contributed by atoms with E-state index in [1.165, 1.54) is 12.1 Å². The summed E-state index contributed by atoms with van der Waals surface area (Å²) in [6, 6.07) is 6.38. The summed E-state index contributed by atoms with van der Waals surface area (Å²) in [5, 5.41) is 16.3. The lowest BCUT2D eigenvalue weighted by molar-refractivity contribution is 0.0696. The SMILES string of the molecule is CCn1nc(C)cc1C(=O)Nc1nc2cc(C(=O)O)ccc2n1C/C=C/CN. The number of nitrogens with zero attached hydrogens (tertiary/aromatic N) is 4. The van der Waals surface area contributed by atoms with Crippen LogP contribution in [0.3, 0.4) is 0 Å². The molecule has 0 aliphatic rings. The Morgan fingerprint density at radius 3 is 2.75 bits per heavy atom. The van der Waals surface area contributed by atoms with Crippen LogP contribution >= 0.6 is 0 Å². The average Bonchev–Trinajstić information content (AvgIpc) is 3.21. The first-order valence-electron chi connectivity index (χ1n) is 8.89. The zero-order chi connectivity index (χ0) is 20.3. The van der Waals surface area contributed by atoms with Crippen molar-refractivity contribution in [2.75, 3.05) is 11.9 Å². The number of aromatic carboxylic acids is 1. The maximum absolute atomic E-state index is 12.8. The zero-order valence-electron chi connectivity index (χ0n) is 15.7. The largest absolute Gasteiger partial charge is 0.478 e. The fraction of sp³-hybridized carbons (Fsp3) is 0.263. The molecule has 2 aromatic heterocycles. The second-order valence-electron chi connectivity index (χ2n) is 6.20. The van der Waals surface area contributed by atoms with Gasteiger partial charge in [-0.3, -0.25) is 14.8 Å². The van der Waals surface area contributed by atoms with Gasteiger partial charge in [0.25, 0.3) is 5.91 Å². The van der Waals surface area contributed by atoms with Crippen LogP contribution in [-0.4, -0.2) is 42.9 Å². The molecule has 0 fully saturated rings. The highest BCUT2D eigenvalue weighted by Gasteiger charge is 2.18. The molecule has 2 heterocycles. The molecule has 1 amide bonds. The van der Waals surface area contributed by atoms with E-state index in [0.29, 0.717) is 42.3 Å². The monoisotopic (exact) mass is 382 g/mol. The lowest BCUT2D eigenvalue weighted by atomic mass is 10.2. The van der Waals surface area contributed by atoms with Crippen molar-refractivity contribution in [1.29, 1.82) is 0 Å². The second kappa shape index (κ2) is 8.05. The van der Waals surface area contributed by atoms with E-state index >= 15 is 0 Å². The summed E-state index contributed by atoms with van der Waals surface area (Å²) in [7, 11) is 0. The minimum Gasteiger partial charge on any atom is -0.478 e. The van der Waals surface area contributed by atoms with Crippen LogP contribution in [0.2, 0.25) is 0 Å². The van der Waals surface area contributed by atoms with Crippen LogP contribution in [0.25, 0.3) is 11.0 Å². The number of benzene rings is 1. The molecular formula is C19H22N6O3. The molecule has 0 aliphatic heterocycles. The van der Waals surface area contributed by atoms with Gasteiger partial charge in [0.2, 0.25) is 5.95 Å². The van der Waals surface area contributed by atoms with Crippen LogP contribution < -0.4 is 11.1 Å². The summed E-state index contributed by atoms with van der Waals surface area (Å²) < 4.78 is 3.42. The third kappa shape index (κ3) is 3.79. The number of imidazole rings is 1. The van der Waals surface area contributed by atoms with Crippen molar-refractivity contribution in [3.63, 3.8) is 0 Å². The van der Waals surface area contributed by atoms with E-state index in [1.807, 2.05) is 19.9 Å². The minimum absolute atomic E-state index is 0.132. The number of carboxylic acids is 1. The van der Waals surface area contributed by atoms with Crippen molar-refractivity contribution in [2.24, 2.45) is 5.73 Å². The highest BCUT2D eigenvalue weighted by molar-refractivity contribution is 6.03. The topological polar surface area (TPSA) is 128 Å². The number of carboxylic acid groups (broad SMARTS) is 1. The van der Waals surface area contributed by atoms with E-state index < -0.39 is 5.97 Å². The number of fused-ring (bicyclic) bond motifs is 1. The molecule has 0 unspecified atom stereocenters. The smallest absolute Gasteiger partial charge is 0.335 e. The van der Waals surface area contributed by atoms with E-state index in [4.69, 9.17) is 5.73 Å². The molecule has 0 atom stereocenters. The fourth-order valence-corrected chi connectivity index (χ4v) is 2.95. The van der Waals surface area contributed by atoms with Crippen LogP contribution in [0.4, 0.5) is 5.95 Å². The number of aromatic nitrogens is 4. The van der Waals surface area contributed by atoms with Gasteiger partial charge < -0.3 is 15.4 Å². The van der Waals surface area contributed by atoms with Crippen molar-refractivity contribution in [2.45, 2.75) is 26.9 Å². The lowest BCUT2D eigenvalue weighted by Gasteiger charge is -2.09. The second-order valence-corrected chi connectivity index (χ2v) is 6.20. The highest BCUT2D eigenvalue weighted by Crippen LogP contribution is 2.22. The van der Waals surface area contributed by atoms with Crippen LogP contribution in [-0.2, 0) is 13.1 Å². The number of nitrogens with two attached hydrogens (primary N) is 1. The number of hydrogen-bond acceptors (Lipinski definition) is 5. The number of amides is 1. The van der Waals surface area contributed by atoms with Gasteiger partial charge in [0.15, 0.2) is 0 Å². The highest BCUT2D eigenvalue weighted by atomic mass is 16.4. The van der Waals surface area contributed by atoms with Crippen LogP contribution in [0.5, 0.6) is 0 Å². The molecule has 0 aliphatic carbocycles. The number of allylic oxidation sites excluding steroid dienone is 1. The summed E-state index contributed by atoms with van der Waals surface area (Å²) in [6.07, 6.45) is 3.67. The van der Waals surface area contributed by atoms with Gasteiger partial charge in [-0.05, 0) is 38.1 Å². The predicted octanol–water partition coefficient (Wildman–Crippen LogP) is 2.03. The maximum atomic E-state index is 12.8. The lowest BCUT2D eigenvalue weighted by Crippen LogP contribution is -2.19. The van der Waals surface area contributed by atoms with Gasteiger partial charge in [-0.25, -0.2) is 9.78 Å². The molecular weight excluding hydrogens is 360 g/mol. The Kier molecular flexibility index (Phi) is 5.55. The molecule has 0 bridgehead atoms. The summed E-state index contributed by atoms with van der Waals surface area (Å²) in [6.45, 7) is 5.12. The standard InChI is InChI=1S/C19H22N6O3/c1-3-25-16(10-12(2)23-25)17(26)22-19-21-14-11-13(18(27)28)6-7-15(14)24(19)9-5-4-8-20/h4-7,10-11H,3,8-9,20H2,1-2H3,(H,27,28)(H,21,22,26)/b5-4+. The Hall–Kier alpha value is -3.46. The molecule has 9 nitrogen and oxygen atoms in total. The van der Waals surface area contributed by atoms with Crippen LogP contribution in [0.1, 0.15) is 33.5 Å². The fourth-order valence-electron chi connectivity index (χ4n) is 2.95. The Balaban J connectivity index is 2.02. The molecule has 0 saturated heterocycles. The molecule has 28 heavy (non-hydrogen) atoms. The van der Waals surface area contributed by atoms with Gasteiger partial charge in [0, 0.05) is 19.6 Å². The number of aryl methyl sites for hydroxylation is 2. The number of hydrogen-bond donors (Lipinski definition) is 3. The molecule has 9 heteroatoms. The van der Waals surface area contributed by atoms with Crippen molar-refractivity contribution < 1.29 is 14.7 Å². The van der Waals surface area contributed by atoms with Gasteiger partial charge in [-0.1, -0.05) is 12.2 Å². The van der Waals surface area contributed by atoms with Crippen LogP contribution in [0, 0.1) is 6.92 Å². The number of rotatable bonds is 7. The third-order valence-corrected chi connectivity index (χ3v) is 4.25. The normalized spacial score (nSPS) is 11.4. The van der Waals surface area contributed by atoms with Gasteiger partial charge in [0.05, 0.1) is 22.3 Å². The molecule has 0 spiro atoms. The summed E-state index contributed by atoms with van der Waals surface area (Å²) in [5.41, 5.74) is 8.01. The van der Waals surface area contributed by atoms with Crippen LogP contribution in [0.15, 0.2) is 36.4 Å². The number of anilines is 1. The van der Waals surface area contributed by atoms with E-state index in [1.54, 1.807) is 27.5 Å². The quantitative estimate of drug-likeness (QED) is 0.536. The van der Waals surface area contributed by atoms with E-state index in [9.17, 15) is 14.7 Å². The van der Waals surface area contributed by atoms with Gasteiger partial charge in [0.1, 0.15) is 5.69 Å². The summed E-state index contributed by atoms with van der Waals surface area (Å²) >= 11 is 0. The van der Waals surface area contributed by atoms with Crippen molar-refractivity contribution in [3.05, 3.63) is 53.4 Å². The van der Waals surface area contributed by atoms with Crippen molar-refractivity contribution >= 4 is 28.9 Å². The summed E-state index contributed by atoms with van der Waals surface area (Å²) in [5.74, 6) is -1.04. The average molecular weight is 382 g/mol. The van der Waals surface area contributed by atoms with Gasteiger partial charge in [-0.2, -0.15) is 5.10 Å². The maximum Gasteiger partial charge on any atom is 0.335 e. The third-order valence-electron chi connectivity index (χ3n) is 4.25. The number of carbonyl (C=O) groups is 2. The first-order chi connectivity index (χ1) is 13.4. The number of nitrogens with one attached hydrogen (secondary N) is 1. The minimum atomic E-state index is -1.03.